The van der Waals surface area contributed by atoms with E-state index in [1.807, 2.05) is 6.92 Å². The van der Waals surface area contributed by atoms with Gasteiger partial charge in [0.1, 0.15) is 11.6 Å². The van der Waals surface area contributed by atoms with Crippen molar-refractivity contribution < 1.29 is 28.3 Å². The van der Waals surface area contributed by atoms with Gasteiger partial charge >= 0.3 is 5.97 Å². The van der Waals surface area contributed by atoms with Crippen molar-refractivity contribution in [1.29, 1.82) is 0 Å². The molecule has 2 aromatic rings. The van der Waals surface area contributed by atoms with E-state index in [4.69, 9.17) is 5.11 Å². The molecule has 166 valence electrons. The van der Waals surface area contributed by atoms with Crippen molar-refractivity contribution in [2.75, 3.05) is 23.3 Å². The number of ketones is 1. The van der Waals surface area contributed by atoms with Gasteiger partial charge in [-0.05, 0) is 82.8 Å². The van der Waals surface area contributed by atoms with E-state index in [0.29, 0.717) is 44.5 Å². The number of likely N-dealkylation sites (N-methyl/N-ethyl adjacent to an activating group) is 1. The van der Waals surface area contributed by atoms with Crippen LogP contribution in [0, 0.1) is 25.5 Å². The van der Waals surface area contributed by atoms with E-state index in [2.05, 4.69) is 37.2 Å². The fourth-order valence-corrected chi connectivity index (χ4v) is 3.85. The number of Topliss-reactive ketones (excluding diaryl/α,β-unsaturated/α-hetero) is 1. The van der Waals surface area contributed by atoms with E-state index < -0.39 is 29.3 Å². The third-order valence-electron chi connectivity index (χ3n) is 4.73. The highest BCUT2D eigenvalue weighted by Gasteiger charge is 2.37. The third-order valence-corrected chi connectivity index (χ3v) is 6.68. The summed E-state index contributed by atoms with van der Waals surface area (Å²) in [5.41, 5.74) is 2.23. The summed E-state index contributed by atoms with van der Waals surface area (Å²) in [6, 6.07) is 2.12. The first-order valence-corrected chi connectivity index (χ1v) is 10.9. The summed E-state index contributed by atoms with van der Waals surface area (Å²) in [7, 11) is 0. The summed E-state index contributed by atoms with van der Waals surface area (Å²) in [5.74, 6) is -3.44. The molecule has 0 saturated heterocycles. The summed E-state index contributed by atoms with van der Waals surface area (Å²) in [6.07, 6.45) is 0. The van der Waals surface area contributed by atoms with Crippen LogP contribution in [-0.4, -0.2) is 35.9 Å². The maximum absolute atomic E-state index is 13.4. The summed E-state index contributed by atoms with van der Waals surface area (Å²) in [4.78, 5) is 35.5. The Balaban J connectivity index is 0.000000221. The molecule has 0 unspecified atom stereocenters. The number of carbonyl (C=O) groups excluding carboxylic acids is 2. The van der Waals surface area contributed by atoms with Gasteiger partial charge in [-0.3, -0.25) is 9.59 Å². The molecule has 0 atom stereocenters. The fraction of sp³-hybridized carbons (Fsp3) is 0.286. The lowest BCUT2D eigenvalue weighted by atomic mass is 10.1. The Morgan fingerprint density at radius 3 is 2.13 bits per heavy atom. The molecule has 0 bridgehead atoms. The number of hydrogen-bond acceptors (Lipinski definition) is 4. The second-order valence-corrected chi connectivity index (χ2v) is 8.21. The molecule has 3 rings (SSSR count). The highest BCUT2D eigenvalue weighted by Crippen LogP contribution is 2.37. The largest absolute Gasteiger partial charge is 0.478 e. The van der Waals surface area contributed by atoms with Crippen LogP contribution in [0.15, 0.2) is 21.1 Å². The molecule has 1 amide bonds. The first-order chi connectivity index (χ1) is 14.5. The molecule has 0 aromatic heterocycles. The number of rotatable bonds is 4. The van der Waals surface area contributed by atoms with Crippen LogP contribution in [0.4, 0.5) is 20.2 Å². The van der Waals surface area contributed by atoms with Gasteiger partial charge in [-0.25, -0.2) is 13.6 Å². The molecule has 0 fully saturated rings. The van der Waals surface area contributed by atoms with Crippen LogP contribution in [0.2, 0.25) is 0 Å². The van der Waals surface area contributed by atoms with Crippen molar-refractivity contribution in [3.63, 3.8) is 0 Å². The lowest BCUT2D eigenvalue weighted by Gasteiger charge is -2.16. The molecule has 0 spiro atoms. The first kappa shape index (κ1) is 24.9. The number of anilines is 2. The van der Waals surface area contributed by atoms with Crippen LogP contribution < -0.4 is 10.2 Å². The first-order valence-electron chi connectivity index (χ1n) is 9.28. The highest BCUT2D eigenvalue weighted by molar-refractivity contribution is 9.10. The Kier molecular flexibility index (Phi) is 7.93. The van der Waals surface area contributed by atoms with E-state index in [9.17, 15) is 23.2 Å². The molecule has 2 aromatic carbocycles. The predicted molar refractivity (Wildman–Crippen MR) is 121 cm³/mol. The Morgan fingerprint density at radius 2 is 1.61 bits per heavy atom. The second kappa shape index (κ2) is 9.86. The van der Waals surface area contributed by atoms with E-state index in [-0.39, 0.29) is 11.1 Å². The second-order valence-electron chi connectivity index (χ2n) is 6.63. The maximum Gasteiger partial charge on any atom is 0.337 e. The normalized spacial score (nSPS) is 12.5. The molecular formula is C21H20Br2F2N2O4. The average molecular weight is 562 g/mol. The summed E-state index contributed by atoms with van der Waals surface area (Å²) >= 11 is 6.18. The van der Waals surface area contributed by atoms with Gasteiger partial charge in [0.2, 0.25) is 0 Å². The number of nitrogens with zero attached hydrogens (tertiary/aromatic N) is 1. The van der Waals surface area contributed by atoms with Gasteiger partial charge in [-0.15, -0.1) is 0 Å². The minimum absolute atomic E-state index is 0.0462. The Morgan fingerprint density at radius 1 is 1.06 bits per heavy atom. The molecule has 31 heavy (non-hydrogen) atoms. The van der Waals surface area contributed by atoms with Gasteiger partial charge in [-0.1, -0.05) is 0 Å². The highest BCUT2D eigenvalue weighted by atomic mass is 79.9. The quantitative estimate of drug-likeness (QED) is 0.483. The summed E-state index contributed by atoms with van der Waals surface area (Å²) in [5, 5.41) is 11.8. The zero-order chi connectivity index (χ0) is 23.6. The number of aromatic carboxylic acids is 1. The lowest BCUT2D eigenvalue weighted by molar-refractivity contribution is -0.114. The molecular weight excluding hydrogens is 542 g/mol. The van der Waals surface area contributed by atoms with Gasteiger partial charge in [0, 0.05) is 13.1 Å². The van der Waals surface area contributed by atoms with Crippen LogP contribution >= 0.6 is 31.9 Å². The van der Waals surface area contributed by atoms with Gasteiger partial charge in [0.25, 0.3) is 11.7 Å². The van der Waals surface area contributed by atoms with Crippen molar-refractivity contribution in [3.8, 4) is 0 Å². The Bertz CT molecular complexity index is 1090. The molecule has 0 radical (unpaired) electrons. The van der Waals surface area contributed by atoms with Crippen LogP contribution in [0.1, 0.15) is 45.7 Å². The molecule has 2 N–H and O–H groups in total. The van der Waals surface area contributed by atoms with Gasteiger partial charge in [0.15, 0.2) is 0 Å². The van der Waals surface area contributed by atoms with E-state index in [0.717, 1.165) is 12.1 Å². The number of hydrogen-bond donors (Lipinski definition) is 2. The molecule has 1 aliphatic heterocycles. The number of benzene rings is 2. The number of carboxylic acids is 1. The third kappa shape index (κ3) is 4.64. The number of fused-ring (bicyclic) bond motifs is 1. The monoisotopic (exact) mass is 560 g/mol. The minimum atomic E-state index is -1.14. The van der Waals surface area contributed by atoms with Gasteiger partial charge < -0.3 is 15.3 Å². The van der Waals surface area contributed by atoms with E-state index >= 15 is 0 Å². The summed E-state index contributed by atoms with van der Waals surface area (Å²) in [6.45, 7) is 7.95. The van der Waals surface area contributed by atoms with Crippen molar-refractivity contribution >= 4 is 60.9 Å². The van der Waals surface area contributed by atoms with Crippen molar-refractivity contribution in [3.05, 3.63) is 55.0 Å². The standard InChI is InChI=1S/C11H9BrFNO2.C10H11BrFNO2/c1-3-14-9-5(2)8(12)7(13)4-6(9)10(15)11(14)16;1-3-13-9-5(2)8(11)7(12)4-6(9)10(14)15/h4H,3H2,1-2H3;4,13H,3H2,1-2H3,(H,14,15). The van der Waals surface area contributed by atoms with Crippen LogP contribution in [0.25, 0.3) is 0 Å². The van der Waals surface area contributed by atoms with Crippen molar-refractivity contribution in [2.45, 2.75) is 27.7 Å². The van der Waals surface area contributed by atoms with E-state index in [1.54, 1.807) is 20.8 Å². The molecule has 6 nitrogen and oxygen atoms in total. The smallest absolute Gasteiger partial charge is 0.337 e. The minimum Gasteiger partial charge on any atom is -0.478 e. The molecule has 0 aliphatic carbocycles. The summed E-state index contributed by atoms with van der Waals surface area (Å²) < 4.78 is 27.3. The lowest BCUT2D eigenvalue weighted by Crippen LogP contribution is -2.29. The Hall–Kier alpha value is -2.33. The number of amides is 1. The Labute approximate surface area is 194 Å². The predicted octanol–water partition coefficient (Wildman–Crippen LogP) is 5.47. The van der Waals surface area contributed by atoms with Gasteiger partial charge in [0.05, 0.1) is 31.4 Å². The number of carbonyl (C=O) groups is 3. The average Bonchev–Trinajstić information content (AvgIpc) is 2.97. The van der Waals surface area contributed by atoms with E-state index in [1.165, 1.54) is 4.90 Å². The topological polar surface area (TPSA) is 86.7 Å². The van der Waals surface area contributed by atoms with Crippen LogP contribution in [0.5, 0.6) is 0 Å². The number of nitrogens with one attached hydrogen (secondary N) is 1. The van der Waals surface area contributed by atoms with Crippen molar-refractivity contribution in [2.24, 2.45) is 0 Å². The zero-order valence-corrected chi connectivity index (χ0v) is 20.4. The SMILES string of the molecule is CCN1C(=O)C(=O)c2cc(F)c(Br)c(C)c21.CCNc1c(C(=O)O)cc(F)c(Br)c1C. The van der Waals surface area contributed by atoms with Crippen LogP contribution in [-0.2, 0) is 4.79 Å². The van der Waals surface area contributed by atoms with Crippen molar-refractivity contribution in [1.82, 2.24) is 0 Å². The molecule has 1 aliphatic rings. The maximum atomic E-state index is 13.4. The van der Waals surface area contributed by atoms with Crippen LogP contribution in [0.3, 0.4) is 0 Å². The zero-order valence-electron chi connectivity index (χ0n) is 17.2. The number of halogens is 4. The number of carboxylic acid groups (broad SMARTS) is 1. The fourth-order valence-electron chi connectivity index (χ4n) is 3.23. The molecule has 10 heteroatoms. The molecule has 0 saturated carbocycles. The molecule has 1 heterocycles. The van der Waals surface area contributed by atoms with Gasteiger partial charge in [-0.2, -0.15) is 0 Å².